The molecule has 0 atom stereocenters. The molecule has 0 fully saturated rings. The predicted molar refractivity (Wildman–Crippen MR) is 123 cm³/mol. The summed E-state index contributed by atoms with van der Waals surface area (Å²) in [4.78, 5) is 21.7. The van der Waals surface area contributed by atoms with Gasteiger partial charge in [0.15, 0.2) is 6.54 Å². The first kappa shape index (κ1) is 52.1. The second-order valence-electron chi connectivity index (χ2n) is 11.6. The van der Waals surface area contributed by atoms with E-state index in [4.69, 9.17) is 10.2 Å². The minimum atomic E-state index is -9.86. The summed E-state index contributed by atoms with van der Waals surface area (Å²) in [6.45, 7) is -6.35. The number of nitrogens with zero attached hydrogens (tertiary/aromatic N) is 2. The van der Waals surface area contributed by atoms with Crippen molar-refractivity contribution in [1.82, 2.24) is 4.31 Å². The average Bonchev–Trinajstić information content (AvgIpc) is 2.93. The number of hydrogen-bond donors (Lipinski definition) is 2. The Bertz CT molecular complexity index is 1540. The number of sulfonamides is 1. The summed E-state index contributed by atoms with van der Waals surface area (Å²) < 4.78 is 365. The largest absolute Gasteiger partial charge is 0.480 e. The number of aliphatic carboxylic acids is 2. The lowest BCUT2D eigenvalue weighted by molar-refractivity contribution is -0.883. The van der Waals surface area contributed by atoms with Gasteiger partial charge in [0, 0.05) is 13.0 Å². The van der Waals surface area contributed by atoms with E-state index >= 15 is 0 Å². The van der Waals surface area contributed by atoms with Gasteiger partial charge in [0.1, 0.15) is 6.54 Å². The van der Waals surface area contributed by atoms with Crippen LogP contribution in [0.3, 0.4) is 0 Å². The van der Waals surface area contributed by atoms with Crippen LogP contribution in [0.5, 0.6) is 0 Å². The highest BCUT2D eigenvalue weighted by atomic mass is 32.2. The van der Waals surface area contributed by atoms with Crippen LogP contribution in [0.4, 0.5) is 110 Å². The van der Waals surface area contributed by atoms with Crippen molar-refractivity contribution >= 4 is 22.0 Å². The second kappa shape index (κ2) is 14.2. The summed E-state index contributed by atoms with van der Waals surface area (Å²) >= 11 is 0. The molecule has 55 heavy (non-hydrogen) atoms. The molecule has 0 unspecified atom stereocenters. The van der Waals surface area contributed by atoms with Gasteiger partial charge in [-0.25, -0.2) is 13.2 Å². The number of halogens is 25. The minimum Gasteiger partial charge on any atom is -0.480 e. The number of quaternary nitrogens is 1. The number of carboxylic acids is 2. The van der Waals surface area contributed by atoms with E-state index < -0.39 is 134 Å². The number of carboxylic acid groups (broad SMARTS) is 2. The molecule has 0 aliphatic rings. The summed E-state index contributed by atoms with van der Waals surface area (Å²) in [6, 6.07) is 0. The van der Waals surface area contributed by atoms with Crippen molar-refractivity contribution in [3.8, 4) is 0 Å². The molecule has 0 aromatic heterocycles. The fourth-order valence-electron chi connectivity index (χ4n) is 3.82. The highest BCUT2D eigenvalue weighted by molar-refractivity contribution is 7.90. The topological polar surface area (TPSA) is 112 Å². The molecule has 0 aliphatic carbocycles. The quantitative estimate of drug-likeness (QED) is 0.103. The third-order valence-electron chi connectivity index (χ3n) is 6.98. The standard InChI is InChI=1S/C21H17F25N2O6S/c1-48(2,7-9(51)52)5-3-4-47(6-8(49)50)55(53,54)21(45,46)19(40,41)17(36,37)15(32,33)13(28,29)11(24,25)10(22,23)12(26,27)14(30,31)16(34,35)18(38,39)20(42,43)44/h3-7H2,1-2H3,(H-,49,50,51,52)/p+1. The van der Waals surface area contributed by atoms with E-state index in [2.05, 4.69) is 0 Å². The summed E-state index contributed by atoms with van der Waals surface area (Å²) in [7, 11) is -6.27. The van der Waals surface area contributed by atoms with Gasteiger partial charge in [-0.05, 0) is 0 Å². The maximum absolute atomic E-state index is 14.6. The zero-order valence-corrected chi connectivity index (χ0v) is 26.6. The van der Waals surface area contributed by atoms with E-state index in [0.717, 1.165) is 14.1 Å². The summed E-state index contributed by atoms with van der Waals surface area (Å²) in [5, 5.41) is 9.18. The maximum Gasteiger partial charge on any atom is 0.460 e. The third kappa shape index (κ3) is 7.61. The molecular formula is C21H18F25N2O6S+. The smallest absolute Gasteiger partial charge is 0.460 e. The van der Waals surface area contributed by atoms with Crippen LogP contribution in [-0.2, 0) is 19.6 Å². The fraction of sp³-hybridized carbons (Fsp3) is 0.905. The van der Waals surface area contributed by atoms with E-state index in [1.54, 1.807) is 0 Å². The summed E-state index contributed by atoms with van der Waals surface area (Å²) in [6.07, 6.45) is -9.46. The molecule has 0 aromatic rings. The zero-order valence-electron chi connectivity index (χ0n) is 25.8. The lowest BCUT2D eigenvalue weighted by Crippen LogP contribution is -2.78. The molecule has 8 nitrogen and oxygen atoms in total. The molecule has 0 aromatic carbocycles. The van der Waals surface area contributed by atoms with Crippen LogP contribution < -0.4 is 0 Å². The van der Waals surface area contributed by atoms with E-state index in [-0.39, 0.29) is 0 Å². The van der Waals surface area contributed by atoms with Gasteiger partial charge >= 0.3 is 82.6 Å². The molecule has 0 saturated carbocycles. The maximum atomic E-state index is 14.6. The van der Waals surface area contributed by atoms with Gasteiger partial charge < -0.3 is 14.7 Å². The number of alkyl halides is 25. The fourth-order valence-corrected chi connectivity index (χ4v) is 5.24. The zero-order chi connectivity index (χ0) is 45.3. The monoisotopic (exact) mass is 901 g/mol. The van der Waals surface area contributed by atoms with Crippen molar-refractivity contribution in [2.75, 3.05) is 40.3 Å². The van der Waals surface area contributed by atoms with Crippen molar-refractivity contribution < 1.29 is 142 Å². The van der Waals surface area contributed by atoms with E-state index in [1.165, 1.54) is 0 Å². The van der Waals surface area contributed by atoms with E-state index in [0.29, 0.717) is 0 Å². The van der Waals surface area contributed by atoms with Gasteiger partial charge in [-0.3, -0.25) is 4.79 Å². The van der Waals surface area contributed by atoms with Crippen LogP contribution in [0, 0.1) is 0 Å². The van der Waals surface area contributed by atoms with Crippen molar-refractivity contribution in [2.24, 2.45) is 0 Å². The first-order valence-electron chi connectivity index (χ1n) is 12.9. The molecule has 0 rings (SSSR count). The molecule has 0 amide bonds. The Morgan fingerprint density at radius 1 is 0.491 bits per heavy atom. The Labute approximate surface area is 287 Å². The molecular weight excluding hydrogens is 883 g/mol. The van der Waals surface area contributed by atoms with Gasteiger partial charge in [-0.1, -0.05) is 0 Å². The number of likely N-dealkylation sites (N-methyl/N-ethyl adjacent to an activating group) is 1. The SMILES string of the molecule is C[N+](C)(CCCN(CC(=O)O)S(=O)(=O)C(F)(F)C(F)(F)C(F)(F)C(F)(F)C(F)(F)C(F)(F)C(F)(F)C(F)(F)C(F)(F)C(F)(F)C(F)(F)C(F)(F)F)CC(=O)O. The Morgan fingerprint density at radius 2 is 0.764 bits per heavy atom. The molecule has 0 radical (unpaired) electrons. The van der Waals surface area contributed by atoms with E-state index in [9.17, 15) is 128 Å². The summed E-state index contributed by atoms with van der Waals surface area (Å²) in [5.74, 6) is -99.3. The lowest BCUT2D eigenvalue weighted by atomic mass is 9.85. The van der Waals surface area contributed by atoms with Crippen LogP contribution in [0.2, 0.25) is 0 Å². The Morgan fingerprint density at radius 3 is 1.02 bits per heavy atom. The molecule has 0 saturated heterocycles. The second-order valence-corrected chi connectivity index (χ2v) is 13.5. The predicted octanol–water partition coefficient (Wildman–Crippen LogP) is 6.76. The van der Waals surface area contributed by atoms with Crippen LogP contribution in [0.1, 0.15) is 6.42 Å². The van der Waals surface area contributed by atoms with Gasteiger partial charge in [0.2, 0.25) is 0 Å². The molecule has 34 heteroatoms. The van der Waals surface area contributed by atoms with Gasteiger partial charge in [0.05, 0.1) is 20.6 Å². The molecule has 2 N–H and O–H groups in total. The molecule has 0 bridgehead atoms. The van der Waals surface area contributed by atoms with Crippen LogP contribution in [0.25, 0.3) is 0 Å². The van der Waals surface area contributed by atoms with Crippen LogP contribution >= 0.6 is 0 Å². The van der Waals surface area contributed by atoms with Gasteiger partial charge in [0.25, 0.3) is 10.0 Å². The number of rotatable bonds is 20. The number of carbonyl (C=O) groups is 2. The molecule has 328 valence electrons. The Hall–Kier alpha value is -2.94. The third-order valence-corrected chi connectivity index (χ3v) is 8.88. The highest BCUT2D eigenvalue weighted by Gasteiger charge is 3.00. The van der Waals surface area contributed by atoms with Crippen LogP contribution in [-0.4, -0.2) is 150 Å². The van der Waals surface area contributed by atoms with Crippen molar-refractivity contribution in [2.45, 2.75) is 77.1 Å². The normalized spacial score (nSPS) is 16.1. The van der Waals surface area contributed by atoms with Crippen LogP contribution in [0.15, 0.2) is 0 Å². The molecule has 0 heterocycles. The first-order valence-corrected chi connectivity index (χ1v) is 14.4. The van der Waals surface area contributed by atoms with Crippen molar-refractivity contribution in [3.63, 3.8) is 0 Å². The Balaban J connectivity index is 7.45. The van der Waals surface area contributed by atoms with Gasteiger partial charge in [-0.15, -0.1) is 0 Å². The molecule has 0 spiro atoms. The Kier molecular flexibility index (Phi) is 13.4. The highest BCUT2D eigenvalue weighted by Crippen LogP contribution is 2.68. The van der Waals surface area contributed by atoms with Crippen molar-refractivity contribution in [1.29, 1.82) is 0 Å². The lowest BCUT2D eigenvalue weighted by Gasteiger charge is -2.45. The minimum absolute atomic E-state index is 0.826. The van der Waals surface area contributed by atoms with Crippen molar-refractivity contribution in [3.05, 3.63) is 0 Å². The average molecular weight is 901 g/mol. The summed E-state index contributed by atoms with van der Waals surface area (Å²) in [5.41, 5.74) is 0. The van der Waals surface area contributed by atoms with Gasteiger partial charge in [-0.2, -0.15) is 114 Å². The van der Waals surface area contributed by atoms with E-state index in [1.807, 2.05) is 0 Å². The molecule has 0 aliphatic heterocycles. The first-order chi connectivity index (χ1) is 23.4. The number of hydrogen-bond acceptors (Lipinski definition) is 4.